The number of amides is 1. The first-order chi connectivity index (χ1) is 7.57. The van der Waals surface area contributed by atoms with Crippen molar-refractivity contribution < 1.29 is 9.53 Å². The highest BCUT2D eigenvalue weighted by Gasteiger charge is 2.54. The van der Waals surface area contributed by atoms with Gasteiger partial charge in [0.15, 0.2) is 0 Å². The van der Waals surface area contributed by atoms with E-state index in [1.165, 1.54) is 38.5 Å². The van der Waals surface area contributed by atoms with Crippen molar-refractivity contribution in [2.75, 3.05) is 0 Å². The molecule has 2 N–H and O–H groups in total. The number of hydrogen-bond acceptors (Lipinski definition) is 2. The summed E-state index contributed by atoms with van der Waals surface area (Å²) >= 11 is 0. The quantitative estimate of drug-likeness (QED) is 0.782. The van der Waals surface area contributed by atoms with E-state index in [2.05, 4.69) is 0 Å². The fourth-order valence-electron chi connectivity index (χ4n) is 4.97. The van der Waals surface area contributed by atoms with E-state index in [1.807, 2.05) is 6.92 Å². The first-order valence-electron chi connectivity index (χ1n) is 6.53. The predicted octanol–water partition coefficient (Wildman–Crippen LogP) is 2.69. The average Bonchev–Trinajstić information content (AvgIpc) is 2.13. The van der Waals surface area contributed by atoms with Gasteiger partial charge in [-0.05, 0) is 63.2 Å². The van der Waals surface area contributed by atoms with Gasteiger partial charge in [0.05, 0.1) is 0 Å². The minimum Gasteiger partial charge on any atom is -0.446 e. The van der Waals surface area contributed by atoms with Crippen LogP contribution in [0.15, 0.2) is 0 Å². The van der Waals surface area contributed by atoms with Gasteiger partial charge < -0.3 is 10.5 Å². The van der Waals surface area contributed by atoms with Gasteiger partial charge in [-0.1, -0.05) is 0 Å². The fourth-order valence-corrected chi connectivity index (χ4v) is 4.97. The lowest BCUT2D eigenvalue weighted by Crippen LogP contribution is -2.52. The van der Waals surface area contributed by atoms with Gasteiger partial charge in [0.2, 0.25) is 0 Å². The second kappa shape index (κ2) is 3.38. The summed E-state index contributed by atoms with van der Waals surface area (Å²) in [6, 6.07) is 0. The van der Waals surface area contributed by atoms with Crippen LogP contribution in [0.4, 0.5) is 4.79 Å². The average molecular weight is 223 g/mol. The number of hydrogen-bond donors (Lipinski definition) is 1. The van der Waals surface area contributed by atoms with Gasteiger partial charge >= 0.3 is 6.09 Å². The monoisotopic (exact) mass is 223 g/mol. The zero-order valence-electron chi connectivity index (χ0n) is 9.95. The molecular weight excluding hydrogens is 202 g/mol. The Morgan fingerprint density at radius 3 is 2.00 bits per heavy atom. The van der Waals surface area contributed by atoms with E-state index in [0.717, 1.165) is 17.8 Å². The number of carbonyl (C=O) groups is 1. The first kappa shape index (κ1) is 10.4. The Bertz CT molecular complexity index is 278. The summed E-state index contributed by atoms with van der Waals surface area (Å²) < 4.78 is 5.27. The van der Waals surface area contributed by atoms with Crippen LogP contribution in [0.1, 0.15) is 45.4 Å². The highest BCUT2D eigenvalue weighted by Crippen LogP contribution is 2.61. The molecule has 4 aliphatic rings. The Hall–Kier alpha value is -0.730. The molecular formula is C13H21NO2. The van der Waals surface area contributed by atoms with Crippen LogP contribution in [0.5, 0.6) is 0 Å². The van der Waals surface area contributed by atoms with Crippen molar-refractivity contribution in [2.45, 2.75) is 51.6 Å². The Balaban J connectivity index is 1.80. The van der Waals surface area contributed by atoms with Crippen molar-refractivity contribution in [1.82, 2.24) is 0 Å². The smallest absolute Gasteiger partial charge is 0.404 e. The van der Waals surface area contributed by atoms with Crippen LogP contribution in [0.25, 0.3) is 0 Å². The van der Waals surface area contributed by atoms with E-state index in [4.69, 9.17) is 10.5 Å². The standard InChI is InChI=1S/C13H21NO2/c1-8(16-12(14)15)13-5-9-2-10(6-13)4-11(3-9)7-13/h8-11H,2-7H2,1H3,(H2,14,15). The van der Waals surface area contributed by atoms with E-state index in [9.17, 15) is 4.79 Å². The Kier molecular flexibility index (Phi) is 2.20. The SMILES string of the molecule is CC(OC(N)=O)C12CC3CC(CC(C3)C1)C2. The molecule has 0 heterocycles. The molecule has 3 nitrogen and oxygen atoms in total. The summed E-state index contributed by atoms with van der Waals surface area (Å²) in [6.07, 6.45) is 7.43. The van der Waals surface area contributed by atoms with Crippen LogP contribution in [-0.2, 0) is 4.74 Å². The van der Waals surface area contributed by atoms with E-state index in [1.54, 1.807) is 0 Å². The van der Waals surface area contributed by atoms with Crippen LogP contribution in [0.2, 0.25) is 0 Å². The molecule has 3 heteroatoms. The maximum absolute atomic E-state index is 10.9. The van der Waals surface area contributed by atoms with E-state index < -0.39 is 6.09 Å². The summed E-state index contributed by atoms with van der Waals surface area (Å²) in [5, 5.41) is 0. The molecule has 4 saturated carbocycles. The largest absolute Gasteiger partial charge is 0.446 e. The molecule has 16 heavy (non-hydrogen) atoms. The number of nitrogens with two attached hydrogens (primary N) is 1. The van der Waals surface area contributed by atoms with Crippen LogP contribution in [-0.4, -0.2) is 12.2 Å². The molecule has 4 aliphatic carbocycles. The van der Waals surface area contributed by atoms with E-state index in [0.29, 0.717) is 0 Å². The summed E-state index contributed by atoms with van der Waals surface area (Å²) in [4.78, 5) is 10.9. The lowest BCUT2D eigenvalue weighted by Gasteiger charge is -2.58. The van der Waals surface area contributed by atoms with Gasteiger partial charge in [0.1, 0.15) is 6.10 Å². The minimum atomic E-state index is -0.608. The molecule has 4 bridgehead atoms. The number of carbonyl (C=O) groups excluding carboxylic acids is 1. The topological polar surface area (TPSA) is 52.3 Å². The lowest BCUT2D eigenvalue weighted by molar-refractivity contribution is -0.114. The molecule has 0 aromatic rings. The molecule has 0 radical (unpaired) electrons. The van der Waals surface area contributed by atoms with Crippen LogP contribution < -0.4 is 5.73 Å². The van der Waals surface area contributed by atoms with Crippen molar-refractivity contribution in [3.05, 3.63) is 0 Å². The Morgan fingerprint density at radius 2 is 1.62 bits per heavy atom. The zero-order valence-corrected chi connectivity index (χ0v) is 9.95. The van der Waals surface area contributed by atoms with Gasteiger partial charge in [-0.2, -0.15) is 0 Å². The van der Waals surface area contributed by atoms with Crippen molar-refractivity contribution in [1.29, 1.82) is 0 Å². The summed E-state index contributed by atoms with van der Waals surface area (Å²) in [5.41, 5.74) is 5.42. The van der Waals surface area contributed by atoms with Gasteiger partial charge in [0, 0.05) is 5.41 Å². The van der Waals surface area contributed by atoms with E-state index >= 15 is 0 Å². The minimum absolute atomic E-state index is 0.0124. The number of ether oxygens (including phenoxy) is 1. The summed E-state index contributed by atoms with van der Waals surface area (Å²) in [6.45, 7) is 2.04. The molecule has 4 rings (SSSR count). The molecule has 1 amide bonds. The highest BCUT2D eigenvalue weighted by molar-refractivity contribution is 5.64. The Morgan fingerprint density at radius 1 is 1.19 bits per heavy atom. The summed E-state index contributed by atoms with van der Waals surface area (Å²) in [5.74, 6) is 2.68. The lowest BCUT2D eigenvalue weighted by atomic mass is 9.48. The molecule has 0 aromatic heterocycles. The molecule has 0 aromatic carbocycles. The highest BCUT2D eigenvalue weighted by atomic mass is 16.6. The normalized spacial score (nSPS) is 46.7. The third-order valence-electron chi connectivity index (χ3n) is 5.24. The van der Waals surface area contributed by atoms with Gasteiger partial charge in [-0.15, -0.1) is 0 Å². The number of primary amides is 1. The van der Waals surface area contributed by atoms with Crippen LogP contribution in [0.3, 0.4) is 0 Å². The maximum Gasteiger partial charge on any atom is 0.404 e. The third kappa shape index (κ3) is 1.52. The maximum atomic E-state index is 10.9. The third-order valence-corrected chi connectivity index (χ3v) is 5.24. The first-order valence-corrected chi connectivity index (χ1v) is 6.53. The second-order valence-electron chi connectivity index (χ2n) is 6.36. The van der Waals surface area contributed by atoms with Crippen molar-refractivity contribution in [3.63, 3.8) is 0 Å². The fraction of sp³-hybridized carbons (Fsp3) is 0.923. The van der Waals surface area contributed by atoms with Crippen LogP contribution >= 0.6 is 0 Å². The van der Waals surface area contributed by atoms with Crippen molar-refractivity contribution >= 4 is 6.09 Å². The van der Waals surface area contributed by atoms with Gasteiger partial charge in [0.25, 0.3) is 0 Å². The molecule has 0 spiro atoms. The predicted molar refractivity (Wildman–Crippen MR) is 60.7 cm³/mol. The molecule has 0 saturated heterocycles. The van der Waals surface area contributed by atoms with Crippen molar-refractivity contribution in [2.24, 2.45) is 28.9 Å². The molecule has 1 unspecified atom stereocenters. The van der Waals surface area contributed by atoms with E-state index in [-0.39, 0.29) is 11.5 Å². The second-order valence-corrected chi connectivity index (χ2v) is 6.36. The molecule has 0 aliphatic heterocycles. The summed E-state index contributed by atoms with van der Waals surface area (Å²) in [7, 11) is 0. The molecule has 1 atom stereocenters. The van der Waals surface area contributed by atoms with Gasteiger partial charge in [-0.25, -0.2) is 4.79 Å². The van der Waals surface area contributed by atoms with Crippen molar-refractivity contribution in [3.8, 4) is 0 Å². The Labute approximate surface area is 96.7 Å². The van der Waals surface area contributed by atoms with Crippen LogP contribution in [0, 0.1) is 23.2 Å². The number of rotatable bonds is 2. The molecule has 4 fully saturated rings. The van der Waals surface area contributed by atoms with Gasteiger partial charge in [-0.3, -0.25) is 0 Å². The molecule has 90 valence electrons. The zero-order chi connectivity index (χ0) is 11.3.